The summed E-state index contributed by atoms with van der Waals surface area (Å²) in [5.41, 5.74) is 1.32. The second-order valence-electron chi connectivity index (χ2n) is 8.06. The normalized spacial score (nSPS) is 19.6. The molecule has 164 valence electrons. The Kier molecular flexibility index (Phi) is 8.85. The summed E-state index contributed by atoms with van der Waals surface area (Å²) in [5, 5.41) is 0.133. The number of halogens is 2. The quantitative estimate of drug-likeness (QED) is 0.554. The van der Waals surface area contributed by atoms with Crippen LogP contribution in [0.1, 0.15) is 49.0 Å². The van der Waals surface area contributed by atoms with Crippen molar-refractivity contribution in [3.05, 3.63) is 57.8 Å². The van der Waals surface area contributed by atoms with Gasteiger partial charge in [-0.15, -0.1) is 0 Å². The third-order valence-electron chi connectivity index (χ3n) is 5.36. The Bertz CT molecular complexity index is 962. The van der Waals surface area contributed by atoms with Gasteiger partial charge in [-0.2, -0.15) is 0 Å². The Morgan fingerprint density at radius 3 is 2.43 bits per heavy atom. The highest BCUT2D eigenvalue weighted by Crippen LogP contribution is 2.32. The molecular weight excluding hydrogens is 443 g/mol. The van der Waals surface area contributed by atoms with Crippen LogP contribution in [0.15, 0.2) is 41.6 Å². The third kappa shape index (κ3) is 6.77. The van der Waals surface area contributed by atoms with E-state index < -0.39 is 9.84 Å². The molecule has 1 fully saturated rings. The molecular formula is C22H28Cl2N2O3S. The monoisotopic (exact) mass is 470 g/mol. The predicted octanol–water partition coefficient (Wildman–Crippen LogP) is 5.30. The minimum absolute atomic E-state index is 0.0667. The lowest BCUT2D eigenvalue weighted by molar-refractivity contribution is 0.112. The molecule has 8 heteroatoms. The fourth-order valence-electron chi connectivity index (χ4n) is 3.60. The summed E-state index contributed by atoms with van der Waals surface area (Å²) in [6.45, 7) is 7.31. The van der Waals surface area contributed by atoms with Gasteiger partial charge in [0.05, 0.1) is 15.8 Å². The van der Waals surface area contributed by atoms with Gasteiger partial charge in [0.25, 0.3) is 0 Å². The Morgan fingerprint density at radius 1 is 1.23 bits per heavy atom. The first-order valence-corrected chi connectivity index (χ1v) is 12.3. The number of likely N-dealkylation sites (tertiary alicyclic amines) is 1. The molecule has 0 radical (unpaired) electrons. The highest BCUT2D eigenvalue weighted by Gasteiger charge is 2.27. The summed E-state index contributed by atoms with van der Waals surface area (Å²) in [7, 11) is -1.49. The molecule has 1 unspecified atom stereocenters. The standard InChI is InChI=1S/C13H9Cl2NO3S.C9H19N/c14-11-2-1-3-12(15)13(11)20(18,19)8-10-4-9(7-17)5-16-6-10;1-4-9(2)6-5-7-10(3)8-9/h1-7H,8H2;4-8H2,1-3H3. The number of rotatable bonds is 5. The van der Waals surface area contributed by atoms with Crippen LogP contribution in [-0.4, -0.2) is 44.7 Å². The lowest BCUT2D eigenvalue weighted by atomic mass is 9.80. The van der Waals surface area contributed by atoms with E-state index >= 15 is 0 Å². The predicted molar refractivity (Wildman–Crippen MR) is 122 cm³/mol. The zero-order valence-electron chi connectivity index (χ0n) is 17.6. The van der Waals surface area contributed by atoms with Crippen molar-refractivity contribution in [2.75, 3.05) is 20.1 Å². The van der Waals surface area contributed by atoms with E-state index in [4.69, 9.17) is 23.2 Å². The van der Waals surface area contributed by atoms with E-state index in [1.165, 1.54) is 62.9 Å². The van der Waals surface area contributed by atoms with Crippen molar-refractivity contribution in [2.45, 2.75) is 43.8 Å². The summed E-state index contributed by atoms with van der Waals surface area (Å²) >= 11 is 11.8. The van der Waals surface area contributed by atoms with Gasteiger partial charge in [0.15, 0.2) is 16.1 Å². The molecule has 30 heavy (non-hydrogen) atoms. The molecule has 5 nitrogen and oxygen atoms in total. The molecule has 3 rings (SSSR count). The van der Waals surface area contributed by atoms with Crippen LogP contribution in [0.5, 0.6) is 0 Å². The number of carbonyl (C=O) groups is 1. The summed E-state index contributed by atoms with van der Waals surface area (Å²) in [6, 6.07) is 5.95. The fraction of sp³-hybridized carbons (Fsp3) is 0.455. The van der Waals surface area contributed by atoms with Crippen molar-refractivity contribution >= 4 is 39.3 Å². The summed E-state index contributed by atoms with van der Waals surface area (Å²) in [5.74, 6) is -0.328. The number of pyridine rings is 1. The number of benzene rings is 1. The van der Waals surface area contributed by atoms with Gasteiger partial charge in [-0.25, -0.2) is 8.42 Å². The van der Waals surface area contributed by atoms with E-state index in [1.807, 2.05) is 0 Å². The number of aromatic nitrogens is 1. The molecule has 1 aromatic carbocycles. The van der Waals surface area contributed by atoms with Crippen molar-refractivity contribution in [3.8, 4) is 0 Å². The molecule has 2 heterocycles. The molecule has 1 aromatic heterocycles. The highest BCUT2D eigenvalue weighted by atomic mass is 35.5. The number of hydrogen-bond donors (Lipinski definition) is 0. The van der Waals surface area contributed by atoms with Crippen molar-refractivity contribution in [1.29, 1.82) is 0 Å². The maximum atomic E-state index is 12.4. The second kappa shape index (κ2) is 10.7. The average molecular weight is 471 g/mol. The molecule has 0 saturated carbocycles. The van der Waals surface area contributed by atoms with Crippen LogP contribution in [-0.2, 0) is 15.6 Å². The van der Waals surface area contributed by atoms with Gasteiger partial charge in [-0.3, -0.25) is 9.78 Å². The summed E-state index contributed by atoms with van der Waals surface area (Å²) in [6.07, 6.45) is 7.48. The maximum absolute atomic E-state index is 12.4. The van der Waals surface area contributed by atoms with Crippen LogP contribution in [0.25, 0.3) is 0 Å². The first kappa shape index (κ1) is 24.8. The Morgan fingerprint density at radius 2 is 1.90 bits per heavy atom. The summed E-state index contributed by atoms with van der Waals surface area (Å²) < 4.78 is 24.7. The van der Waals surface area contributed by atoms with Gasteiger partial charge < -0.3 is 4.90 Å². The minimum Gasteiger partial charge on any atom is -0.306 e. The molecule has 0 amide bonds. The third-order valence-corrected chi connectivity index (χ3v) is 7.99. The van der Waals surface area contributed by atoms with E-state index in [0.29, 0.717) is 22.8 Å². The van der Waals surface area contributed by atoms with Gasteiger partial charge in [0.2, 0.25) is 0 Å². The van der Waals surface area contributed by atoms with Gasteiger partial charge in [0.1, 0.15) is 4.90 Å². The van der Waals surface area contributed by atoms with Crippen molar-refractivity contribution in [3.63, 3.8) is 0 Å². The lowest BCUT2D eigenvalue weighted by Crippen LogP contribution is -2.38. The lowest BCUT2D eigenvalue weighted by Gasteiger charge is -2.38. The van der Waals surface area contributed by atoms with Crippen LogP contribution in [0, 0.1) is 5.41 Å². The number of aldehydes is 1. The number of nitrogens with zero attached hydrogens (tertiary/aromatic N) is 2. The summed E-state index contributed by atoms with van der Waals surface area (Å²) in [4.78, 5) is 16.8. The van der Waals surface area contributed by atoms with E-state index in [9.17, 15) is 13.2 Å². The molecule has 1 saturated heterocycles. The van der Waals surface area contributed by atoms with Crippen LogP contribution >= 0.6 is 23.2 Å². The second-order valence-corrected chi connectivity index (χ2v) is 10.8. The van der Waals surface area contributed by atoms with Crippen LogP contribution < -0.4 is 0 Å². The Labute approximate surface area is 189 Å². The molecule has 2 aromatic rings. The van der Waals surface area contributed by atoms with Crippen molar-refractivity contribution < 1.29 is 13.2 Å². The largest absolute Gasteiger partial charge is 0.306 e. The van der Waals surface area contributed by atoms with Gasteiger partial charge in [-0.1, -0.05) is 43.1 Å². The minimum atomic E-state index is -3.72. The zero-order valence-corrected chi connectivity index (χ0v) is 19.9. The molecule has 1 aliphatic heterocycles. The number of hydrogen-bond acceptors (Lipinski definition) is 5. The highest BCUT2D eigenvalue weighted by molar-refractivity contribution is 7.90. The van der Waals surface area contributed by atoms with Crippen LogP contribution in [0.2, 0.25) is 10.0 Å². The Balaban J connectivity index is 0.000000269. The zero-order chi connectivity index (χ0) is 22.4. The molecule has 0 aliphatic carbocycles. The first-order chi connectivity index (χ1) is 14.1. The maximum Gasteiger partial charge on any atom is 0.185 e. The van der Waals surface area contributed by atoms with E-state index in [0.717, 1.165) is 0 Å². The van der Waals surface area contributed by atoms with Crippen molar-refractivity contribution in [1.82, 2.24) is 9.88 Å². The number of piperidine rings is 1. The fourth-order valence-corrected chi connectivity index (χ4v) is 6.17. The van der Waals surface area contributed by atoms with E-state index in [2.05, 4.69) is 30.8 Å². The molecule has 0 spiro atoms. The smallest absolute Gasteiger partial charge is 0.185 e. The molecule has 0 bridgehead atoms. The van der Waals surface area contributed by atoms with E-state index in [-0.39, 0.29) is 20.7 Å². The van der Waals surface area contributed by atoms with Gasteiger partial charge in [-0.05, 0) is 62.0 Å². The van der Waals surface area contributed by atoms with Crippen LogP contribution in [0.3, 0.4) is 0 Å². The first-order valence-electron chi connectivity index (χ1n) is 9.84. The van der Waals surface area contributed by atoms with Crippen LogP contribution in [0.4, 0.5) is 0 Å². The van der Waals surface area contributed by atoms with Crippen molar-refractivity contribution in [2.24, 2.45) is 5.41 Å². The average Bonchev–Trinajstić information content (AvgIpc) is 2.68. The molecule has 1 atom stereocenters. The van der Waals surface area contributed by atoms with Gasteiger partial charge in [0, 0.05) is 24.5 Å². The van der Waals surface area contributed by atoms with Gasteiger partial charge >= 0.3 is 0 Å². The number of carbonyl (C=O) groups excluding carboxylic acids is 1. The number of sulfone groups is 1. The SMILES string of the molecule is CCC1(C)CCCN(C)C1.O=Cc1cncc(CS(=O)(=O)c2c(Cl)cccc2Cl)c1. The Hall–Kier alpha value is -1.47. The van der Waals surface area contributed by atoms with E-state index in [1.54, 1.807) is 6.07 Å². The molecule has 1 aliphatic rings. The topological polar surface area (TPSA) is 67.3 Å². The molecule has 0 N–H and O–H groups in total.